The first-order chi connectivity index (χ1) is 14.5. The summed E-state index contributed by atoms with van der Waals surface area (Å²) in [6, 6.07) is 13.9. The molecule has 0 spiro atoms. The molecule has 1 aliphatic rings. The fourth-order valence-corrected chi connectivity index (χ4v) is 4.03. The van der Waals surface area contributed by atoms with Crippen molar-refractivity contribution in [3.63, 3.8) is 0 Å². The number of aromatic hydroxyl groups is 2. The van der Waals surface area contributed by atoms with Crippen LogP contribution >= 0.6 is 0 Å². The molecule has 7 nitrogen and oxygen atoms in total. The molecule has 1 aliphatic carbocycles. The summed E-state index contributed by atoms with van der Waals surface area (Å²) in [5.41, 5.74) is 1.91. The number of fused-ring (bicyclic) bond motifs is 1. The number of phenolic OH excluding ortho intramolecular Hbond substituents is 2. The first-order valence-electron chi connectivity index (χ1n) is 10.4. The van der Waals surface area contributed by atoms with Gasteiger partial charge in [0.25, 0.3) is 0 Å². The largest absolute Gasteiger partial charge is 0.504 e. The minimum atomic E-state index is -0.0846. The van der Waals surface area contributed by atoms with Crippen LogP contribution in [0.2, 0.25) is 0 Å². The topological polar surface area (TPSA) is 93.5 Å². The van der Waals surface area contributed by atoms with Crippen LogP contribution in [-0.4, -0.2) is 46.4 Å². The van der Waals surface area contributed by atoms with Crippen molar-refractivity contribution in [2.45, 2.75) is 51.7 Å². The van der Waals surface area contributed by atoms with Crippen LogP contribution in [0.4, 0.5) is 11.8 Å². The normalized spacial score (nSPS) is 18.4. The molecule has 1 aromatic heterocycles. The molecular formula is C24H33N5O2. The van der Waals surface area contributed by atoms with Crippen LogP contribution in [0.25, 0.3) is 10.9 Å². The summed E-state index contributed by atoms with van der Waals surface area (Å²) in [4.78, 5) is 11.5. The van der Waals surface area contributed by atoms with Gasteiger partial charge >= 0.3 is 0 Å². The van der Waals surface area contributed by atoms with Crippen molar-refractivity contribution in [3.8, 4) is 11.5 Å². The van der Waals surface area contributed by atoms with E-state index in [1.165, 1.54) is 6.07 Å². The zero-order chi connectivity index (χ0) is 21.1. The molecule has 0 bridgehead atoms. The molecule has 31 heavy (non-hydrogen) atoms. The van der Waals surface area contributed by atoms with E-state index in [0.29, 0.717) is 24.6 Å². The van der Waals surface area contributed by atoms with Crippen LogP contribution in [0.15, 0.2) is 42.5 Å². The van der Waals surface area contributed by atoms with E-state index >= 15 is 0 Å². The van der Waals surface area contributed by atoms with E-state index in [4.69, 9.17) is 9.97 Å². The van der Waals surface area contributed by atoms with Gasteiger partial charge in [-0.2, -0.15) is 4.98 Å². The van der Waals surface area contributed by atoms with Crippen molar-refractivity contribution in [3.05, 3.63) is 48.0 Å². The van der Waals surface area contributed by atoms with E-state index in [2.05, 4.69) is 16.7 Å². The Labute approximate surface area is 184 Å². The molecule has 0 saturated heterocycles. The molecule has 3 aromatic rings. The van der Waals surface area contributed by atoms with Gasteiger partial charge in [-0.3, -0.25) is 0 Å². The summed E-state index contributed by atoms with van der Waals surface area (Å²) < 4.78 is 0. The molecule has 166 valence electrons. The van der Waals surface area contributed by atoms with Crippen LogP contribution in [0.1, 0.15) is 38.7 Å². The second-order valence-corrected chi connectivity index (χ2v) is 8.18. The summed E-state index contributed by atoms with van der Waals surface area (Å²) in [7, 11) is 4.01. The Morgan fingerprint density at radius 3 is 2.35 bits per heavy atom. The molecule has 0 unspecified atom stereocenters. The zero-order valence-electron chi connectivity index (χ0n) is 17.5. The average Bonchev–Trinajstić information content (AvgIpc) is 2.75. The van der Waals surface area contributed by atoms with Crippen molar-refractivity contribution < 1.29 is 10.2 Å². The predicted molar refractivity (Wildman–Crippen MR) is 127 cm³/mol. The standard InChI is InChI=1S/C23H29N5O2.CH4/c1-28(2)22-18-5-3-4-6-19(18)26-23(27-22)25-17-10-8-16(9-11-17)24-14-15-7-12-20(29)21(30)13-15;/h3-7,12-13,16-17,24,29-30H,8-11,14H2,1-2H3,(H,25,26,27);1H4. The fraction of sp³-hybridized carbons (Fsp3) is 0.417. The Hall–Kier alpha value is -3.06. The average molecular weight is 424 g/mol. The number of para-hydroxylation sites is 1. The number of phenols is 2. The highest BCUT2D eigenvalue weighted by molar-refractivity contribution is 5.90. The maximum absolute atomic E-state index is 9.63. The summed E-state index contributed by atoms with van der Waals surface area (Å²) >= 11 is 0. The summed E-state index contributed by atoms with van der Waals surface area (Å²) in [5, 5.41) is 27.2. The first-order valence-corrected chi connectivity index (χ1v) is 10.4. The molecule has 4 N–H and O–H groups in total. The Kier molecular flexibility index (Phi) is 7.17. The minimum absolute atomic E-state index is 0. The smallest absolute Gasteiger partial charge is 0.225 e. The van der Waals surface area contributed by atoms with Crippen LogP contribution in [0.5, 0.6) is 11.5 Å². The number of nitrogens with one attached hydrogen (secondary N) is 2. The lowest BCUT2D eigenvalue weighted by Crippen LogP contribution is -2.37. The van der Waals surface area contributed by atoms with Gasteiger partial charge in [0, 0.05) is 38.1 Å². The highest BCUT2D eigenvalue weighted by Crippen LogP contribution is 2.27. The summed E-state index contributed by atoms with van der Waals surface area (Å²) in [5.74, 6) is 1.46. The highest BCUT2D eigenvalue weighted by atomic mass is 16.3. The Balaban J connectivity index is 0.00000272. The summed E-state index contributed by atoms with van der Waals surface area (Å²) in [6.45, 7) is 0.677. The number of hydrogen-bond donors (Lipinski definition) is 4. The Bertz CT molecular complexity index is 1020. The van der Waals surface area contributed by atoms with Gasteiger partial charge in [0.1, 0.15) is 5.82 Å². The molecule has 0 amide bonds. The highest BCUT2D eigenvalue weighted by Gasteiger charge is 2.22. The maximum atomic E-state index is 9.63. The van der Waals surface area contributed by atoms with Crippen LogP contribution in [0.3, 0.4) is 0 Å². The van der Waals surface area contributed by atoms with Crippen molar-refractivity contribution >= 4 is 22.7 Å². The third-order valence-corrected chi connectivity index (χ3v) is 5.70. The van der Waals surface area contributed by atoms with E-state index < -0.39 is 0 Å². The molecule has 1 fully saturated rings. The maximum Gasteiger partial charge on any atom is 0.225 e. The lowest BCUT2D eigenvalue weighted by molar-refractivity contribution is 0.351. The van der Waals surface area contributed by atoms with Crippen molar-refractivity contribution in [2.24, 2.45) is 0 Å². The van der Waals surface area contributed by atoms with E-state index in [-0.39, 0.29) is 18.9 Å². The van der Waals surface area contributed by atoms with Gasteiger partial charge in [-0.15, -0.1) is 0 Å². The number of benzene rings is 2. The van der Waals surface area contributed by atoms with Crippen molar-refractivity contribution in [1.29, 1.82) is 0 Å². The summed E-state index contributed by atoms with van der Waals surface area (Å²) in [6.07, 6.45) is 4.23. The van der Waals surface area contributed by atoms with Crippen LogP contribution in [-0.2, 0) is 6.54 Å². The molecule has 0 atom stereocenters. The van der Waals surface area contributed by atoms with E-state index in [9.17, 15) is 10.2 Å². The van der Waals surface area contributed by atoms with Crippen molar-refractivity contribution in [2.75, 3.05) is 24.3 Å². The van der Waals surface area contributed by atoms with Gasteiger partial charge < -0.3 is 25.7 Å². The minimum Gasteiger partial charge on any atom is -0.504 e. The molecular weight excluding hydrogens is 390 g/mol. The fourth-order valence-electron chi connectivity index (χ4n) is 4.03. The number of anilines is 2. The lowest BCUT2D eigenvalue weighted by atomic mass is 9.91. The van der Waals surface area contributed by atoms with E-state index in [1.54, 1.807) is 6.07 Å². The number of aromatic nitrogens is 2. The molecule has 7 heteroatoms. The Morgan fingerprint density at radius 2 is 1.65 bits per heavy atom. The van der Waals surface area contributed by atoms with Gasteiger partial charge in [0.15, 0.2) is 11.5 Å². The van der Waals surface area contributed by atoms with Gasteiger partial charge in [0.2, 0.25) is 5.95 Å². The molecule has 4 rings (SSSR count). The third kappa shape index (κ3) is 5.35. The SMILES string of the molecule is C.CN(C)c1nc(NC2CCC(NCc3ccc(O)c(O)c3)CC2)nc2ccccc12. The molecule has 0 radical (unpaired) electrons. The van der Waals surface area contributed by atoms with Gasteiger partial charge in [-0.25, -0.2) is 4.98 Å². The Morgan fingerprint density at radius 1 is 0.935 bits per heavy atom. The van der Waals surface area contributed by atoms with Crippen LogP contribution < -0.4 is 15.5 Å². The molecule has 0 aliphatic heterocycles. The quantitative estimate of drug-likeness (QED) is 0.440. The zero-order valence-corrected chi connectivity index (χ0v) is 17.5. The van der Waals surface area contributed by atoms with E-state index in [0.717, 1.165) is 48.0 Å². The molecule has 1 heterocycles. The molecule has 2 aromatic carbocycles. The van der Waals surface area contributed by atoms with Crippen molar-refractivity contribution in [1.82, 2.24) is 15.3 Å². The number of nitrogens with zero attached hydrogens (tertiary/aromatic N) is 3. The third-order valence-electron chi connectivity index (χ3n) is 5.70. The predicted octanol–water partition coefficient (Wildman–Crippen LogP) is 4.26. The first kappa shape index (κ1) is 22.6. The lowest BCUT2D eigenvalue weighted by Gasteiger charge is -2.30. The van der Waals surface area contributed by atoms with Gasteiger partial charge in [0.05, 0.1) is 5.52 Å². The van der Waals surface area contributed by atoms with E-state index in [1.807, 2.05) is 43.3 Å². The second kappa shape index (κ2) is 9.83. The molecule has 1 saturated carbocycles. The van der Waals surface area contributed by atoms with Gasteiger partial charge in [-0.1, -0.05) is 25.6 Å². The van der Waals surface area contributed by atoms with Crippen LogP contribution in [0, 0.1) is 0 Å². The number of hydrogen-bond acceptors (Lipinski definition) is 7. The van der Waals surface area contributed by atoms with Gasteiger partial charge in [-0.05, 0) is 55.5 Å². The monoisotopic (exact) mass is 423 g/mol. The number of rotatable bonds is 6. The second-order valence-electron chi connectivity index (χ2n) is 8.18.